The fraction of sp³-hybridized carbons (Fsp3) is 0.200. The number of carbonyl (C=O) groups excluding carboxylic acids is 1. The molecule has 0 saturated heterocycles. The number of hydrogen-bond acceptors (Lipinski definition) is 2. The number of ketones is 1. The van der Waals surface area contributed by atoms with Crippen LogP contribution in [0.1, 0.15) is 21.5 Å². The van der Waals surface area contributed by atoms with Crippen LogP contribution in [-0.4, -0.2) is 11.5 Å². The zero-order valence-electron chi connectivity index (χ0n) is 7.15. The highest BCUT2D eigenvalue weighted by molar-refractivity contribution is 9.10. The number of nitrogens with one attached hydrogen (secondary N) is 1. The van der Waals surface area contributed by atoms with Crippen LogP contribution < -0.4 is 0 Å². The first-order valence-electron chi connectivity index (χ1n) is 4.00. The minimum atomic E-state index is -0.126. The van der Waals surface area contributed by atoms with Crippen LogP contribution in [0.5, 0.6) is 0 Å². The maximum Gasteiger partial charge on any atom is 0.207 e. The van der Waals surface area contributed by atoms with Crippen LogP contribution in [0.4, 0.5) is 0 Å². The Morgan fingerprint density at radius 3 is 2.85 bits per heavy atom. The molecule has 0 atom stereocenters. The molecule has 0 bridgehead atoms. The Morgan fingerprint density at radius 1 is 1.46 bits per heavy atom. The van der Waals surface area contributed by atoms with Gasteiger partial charge in [-0.15, -0.1) is 0 Å². The molecule has 2 nitrogen and oxygen atoms in total. The molecule has 0 radical (unpaired) electrons. The van der Waals surface area contributed by atoms with Gasteiger partial charge in [0.15, 0.2) is 0 Å². The van der Waals surface area contributed by atoms with Crippen molar-refractivity contribution in [1.82, 2.24) is 0 Å². The lowest BCUT2D eigenvalue weighted by molar-refractivity contribution is 0.106. The molecule has 1 aromatic rings. The van der Waals surface area contributed by atoms with Crippen molar-refractivity contribution in [3.8, 4) is 0 Å². The van der Waals surface area contributed by atoms with E-state index in [0.29, 0.717) is 12.0 Å². The van der Waals surface area contributed by atoms with Gasteiger partial charge in [0.2, 0.25) is 5.78 Å². The lowest BCUT2D eigenvalue weighted by Crippen LogP contribution is -2.04. The first-order chi connectivity index (χ1) is 6.09. The molecular formula is C10H8BrNO. The van der Waals surface area contributed by atoms with Gasteiger partial charge in [0.1, 0.15) is 0 Å². The maximum atomic E-state index is 11.5. The summed E-state index contributed by atoms with van der Waals surface area (Å²) in [4.78, 5) is 11.5. The monoisotopic (exact) mass is 237 g/mol. The second kappa shape index (κ2) is 2.77. The van der Waals surface area contributed by atoms with Crippen LogP contribution in [-0.2, 0) is 6.42 Å². The number of Topliss-reactive ketones (excluding diaryl/α,β-unsaturated/α-hetero) is 1. The van der Waals surface area contributed by atoms with E-state index in [4.69, 9.17) is 5.41 Å². The quantitative estimate of drug-likeness (QED) is 0.741. The summed E-state index contributed by atoms with van der Waals surface area (Å²) in [5.74, 6) is -0.126. The molecule has 0 fully saturated rings. The van der Waals surface area contributed by atoms with Crippen LogP contribution in [0.15, 0.2) is 16.6 Å². The molecule has 1 N–H and O–H groups in total. The van der Waals surface area contributed by atoms with E-state index in [1.165, 1.54) is 0 Å². The van der Waals surface area contributed by atoms with Crippen LogP contribution in [0.25, 0.3) is 0 Å². The molecule has 66 valence electrons. The highest BCUT2D eigenvalue weighted by Crippen LogP contribution is 2.28. The van der Waals surface area contributed by atoms with E-state index in [1.54, 1.807) is 0 Å². The van der Waals surface area contributed by atoms with E-state index >= 15 is 0 Å². The molecule has 2 rings (SSSR count). The van der Waals surface area contributed by atoms with Gasteiger partial charge >= 0.3 is 0 Å². The summed E-state index contributed by atoms with van der Waals surface area (Å²) in [5, 5.41) is 7.44. The van der Waals surface area contributed by atoms with Gasteiger partial charge in [-0.05, 0) is 30.2 Å². The molecule has 0 saturated carbocycles. The lowest BCUT2D eigenvalue weighted by atomic mass is 10.1. The normalized spacial score (nSPS) is 14.9. The van der Waals surface area contributed by atoms with E-state index in [0.717, 1.165) is 15.6 Å². The van der Waals surface area contributed by atoms with Gasteiger partial charge in [0, 0.05) is 16.5 Å². The van der Waals surface area contributed by atoms with Crippen LogP contribution in [0.2, 0.25) is 0 Å². The van der Waals surface area contributed by atoms with Gasteiger partial charge in [0.25, 0.3) is 0 Å². The molecule has 1 aliphatic rings. The molecule has 0 aliphatic heterocycles. The Morgan fingerprint density at radius 2 is 2.15 bits per heavy atom. The largest absolute Gasteiger partial charge is 0.301 e. The fourth-order valence-corrected chi connectivity index (χ4v) is 2.29. The number of aryl methyl sites for hydroxylation is 1. The topological polar surface area (TPSA) is 40.9 Å². The third kappa shape index (κ3) is 1.23. The lowest BCUT2D eigenvalue weighted by Gasteiger charge is -2.01. The summed E-state index contributed by atoms with van der Waals surface area (Å²) in [6.45, 7) is 1.94. The number of halogens is 1. The molecule has 1 aromatic carbocycles. The van der Waals surface area contributed by atoms with Gasteiger partial charge in [-0.25, -0.2) is 0 Å². The number of hydrogen-bond donors (Lipinski definition) is 1. The van der Waals surface area contributed by atoms with E-state index in [-0.39, 0.29) is 11.5 Å². The Hall–Kier alpha value is -0.960. The van der Waals surface area contributed by atoms with E-state index < -0.39 is 0 Å². The second-order valence-corrected chi connectivity index (χ2v) is 4.11. The zero-order chi connectivity index (χ0) is 9.59. The second-order valence-electron chi connectivity index (χ2n) is 3.26. The minimum absolute atomic E-state index is 0.126. The van der Waals surface area contributed by atoms with Gasteiger partial charge in [-0.1, -0.05) is 15.9 Å². The smallest absolute Gasteiger partial charge is 0.207 e. The van der Waals surface area contributed by atoms with Crippen molar-refractivity contribution in [2.45, 2.75) is 13.3 Å². The average molecular weight is 238 g/mol. The summed E-state index contributed by atoms with van der Waals surface area (Å²) in [7, 11) is 0. The van der Waals surface area contributed by atoms with Crippen molar-refractivity contribution in [2.24, 2.45) is 0 Å². The number of rotatable bonds is 0. The molecule has 0 amide bonds. The zero-order valence-corrected chi connectivity index (χ0v) is 8.73. The molecule has 0 aromatic heterocycles. The van der Waals surface area contributed by atoms with Gasteiger partial charge in [-0.2, -0.15) is 0 Å². The van der Waals surface area contributed by atoms with Crippen molar-refractivity contribution < 1.29 is 4.79 Å². The summed E-state index contributed by atoms with van der Waals surface area (Å²) in [5.41, 5.74) is 2.90. The summed E-state index contributed by atoms with van der Waals surface area (Å²) < 4.78 is 0.943. The van der Waals surface area contributed by atoms with Crippen molar-refractivity contribution in [2.75, 3.05) is 0 Å². The first-order valence-corrected chi connectivity index (χ1v) is 4.80. The highest BCUT2D eigenvalue weighted by Gasteiger charge is 2.26. The Balaban J connectivity index is 2.70. The Labute approximate surface area is 84.6 Å². The Kier molecular flexibility index (Phi) is 1.84. The molecule has 0 heterocycles. The van der Waals surface area contributed by atoms with Crippen LogP contribution in [0.3, 0.4) is 0 Å². The molecule has 13 heavy (non-hydrogen) atoms. The molecule has 3 heteroatoms. The van der Waals surface area contributed by atoms with Gasteiger partial charge < -0.3 is 5.41 Å². The number of carbonyl (C=O) groups is 1. The van der Waals surface area contributed by atoms with Gasteiger partial charge in [0.05, 0.1) is 5.71 Å². The van der Waals surface area contributed by atoms with E-state index in [9.17, 15) is 4.79 Å². The number of benzene rings is 1. The number of fused-ring (bicyclic) bond motifs is 1. The van der Waals surface area contributed by atoms with Gasteiger partial charge in [-0.3, -0.25) is 4.79 Å². The SMILES string of the molecule is Cc1cc(Br)c2c(c1)C(=O)C(=N)C2. The third-order valence-electron chi connectivity index (χ3n) is 2.21. The minimum Gasteiger partial charge on any atom is -0.301 e. The van der Waals surface area contributed by atoms with Crippen LogP contribution in [0, 0.1) is 12.3 Å². The predicted molar refractivity (Wildman–Crippen MR) is 54.6 cm³/mol. The van der Waals surface area contributed by atoms with E-state index in [2.05, 4.69) is 15.9 Å². The summed E-state index contributed by atoms with van der Waals surface area (Å²) in [6, 6.07) is 3.83. The predicted octanol–water partition coefficient (Wildman–Crippen LogP) is 2.52. The summed E-state index contributed by atoms with van der Waals surface area (Å²) in [6.07, 6.45) is 0.467. The average Bonchev–Trinajstić information content (AvgIpc) is 2.32. The Bertz CT molecular complexity index is 423. The van der Waals surface area contributed by atoms with Crippen molar-refractivity contribution in [3.05, 3.63) is 33.3 Å². The molecular weight excluding hydrogens is 230 g/mol. The van der Waals surface area contributed by atoms with Crippen molar-refractivity contribution >= 4 is 27.4 Å². The highest BCUT2D eigenvalue weighted by atomic mass is 79.9. The van der Waals surface area contributed by atoms with E-state index in [1.807, 2.05) is 19.1 Å². The van der Waals surface area contributed by atoms with Crippen molar-refractivity contribution in [1.29, 1.82) is 5.41 Å². The molecule has 1 aliphatic carbocycles. The molecule has 0 unspecified atom stereocenters. The first kappa shape index (κ1) is 8.63. The van der Waals surface area contributed by atoms with Crippen molar-refractivity contribution in [3.63, 3.8) is 0 Å². The summed E-state index contributed by atoms with van der Waals surface area (Å²) >= 11 is 3.40. The molecule has 0 spiro atoms. The third-order valence-corrected chi connectivity index (χ3v) is 2.92. The maximum absolute atomic E-state index is 11.5. The standard InChI is InChI=1S/C10H8BrNO/c1-5-2-7-6(8(11)3-5)4-9(12)10(7)13/h2-3,12H,4H2,1H3. The van der Waals surface area contributed by atoms with Crippen LogP contribution >= 0.6 is 15.9 Å². The fourth-order valence-electron chi connectivity index (χ4n) is 1.57.